The second-order valence-corrected chi connectivity index (χ2v) is 11.5. The fourth-order valence-electron chi connectivity index (χ4n) is 4.32. The van der Waals surface area contributed by atoms with Crippen LogP contribution in [0.15, 0.2) is 103 Å². The quantitative estimate of drug-likeness (QED) is 0.372. The van der Waals surface area contributed by atoms with Gasteiger partial charge >= 0.3 is 0 Å². The van der Waals surface area contributed by atoms with E-state index in [9.17, 15) is 0 Å². The van der Waals surface area contributed by atoms with E-state index < -0.39 is 8.07 Å². The molecule has 0 fully saturated rings. The van der Waals surface area contributed by atoms with Crippen LogP contribution >= 0.6 is 0 Å². The number of aryl methyl sites for hydroxylation is 3. The maximum atomic E-state index is 2.39. The highest BCUT2D eigenvalue weighted by Crippen LogP contribution is 2.12. The van der Waals surface area contributed by atoms with Gasteiger partial charge in [0.1, 0.15) is 0 Å². The first kappa shape index (κ1) is 18.5. The number of hydrogen-bond acceptors (Lipinski definition) is 0. The van der Waals surface area contributed by atoms with Crippen molar-refractivity contribution in [1.29, 1.82) is 0 Å². The third-order valence-electron chi connectivity index (χ3n) is 5.56. The van der Waals surface area contributed by atoms with Gasteiger partial charge in [-0.2, -0.15) is 0 Å². The van der Waals surface area contributed by atoms with E-state index in [1.807, 2.05) is 0 Å². The summed E-state index contributed by atoms with van der Waals surface area (Å²) in [4.78, 5) is 0. The largest absolute Gasteiger partial charge is 0.179 e. The standard InChI is InChI=1S/C27H26Si/c1-21-10-7-15-25(18-21)28(24-13-5-4-6-14-24,26-16-8-11-22(2)19-26)27-17-9-12-23(3)20-27/h4-20H,1-3H3. The smallest absolute Gasteiger partial charge is 0.0623 e. The average Bonchev–Trinajstić information content (AvgIpc) is 2.70. The van der Waals surface area contributed by atoms with E-state index in [4.69, 9.17) is 0 Å². The van der Waals surface area contributed by atoms with Crippen molar-refractivity contribution in [3.8, 4) is 0 Å². The van der Waals surface area contributed by atoms with E-state index in [0.29, 0.717) is 0 Å². The van der Waals surface area contributed by atoms with Crippen LogP contribution in [0.5, 0.6) is 0 Å². The van der Waals surface area contributed by atoms with E-state index in [1.54, 1.807) is 0 Å². The fourth-order valence-corrected chi connectivity index (χ4v) is 9.39. The Kier molecular flexibility index (Phi) is 5.02. The summed E-state index contributed by atoms with van der Waals surface area (Å²) in [5.74, 6) is 0. The van der Waals surface area contributed by atoms with Crippen LogP contribution in [0, 0.1) is 20.8 Å². The average molecular weight is 379 g/mol. The zero-order valence-electron chi connectivity index (χ0n) is 16.8. The lowest BCUT2D eigenvalue weighted by Gasteiger charge is -2.35. The molecule has 4 rings (SSSR count). The number of hydrogen-bond donors (Lipinski definition) is 0. The molecule has 0 aliphatic carbocycles. The lowest BCUT2D eigenvalue weighted by Crippen LogP contribution is -2.74. The molecule has 0 aliphatic heterocycles. The number of rotatable bonds is 4. The van der Waals surface area contributed by atoms with Gasteiger partial charge in [-0.3, -0.25) is 0 Å². The molecular formula is C27H26Si. The van der Waals surface area contributed by atoms with E-state index in [-0.39, 0.29) is 0 Å². The van der Waals surface area contributed by atoms with Crippen LogP contribution in [0.4, 0.5) is 0 Å². The SMILES string of the molecule is Cc1cccc([Si](c2ccccc2)(c2cccc(C)c2)c2cccc(C)c2)c1. The van der Waals surface area contributed by atoms with Crippen LogP contribution < -0.4 is 20.7 Å². The van der Waals surface area contributed by atoms with Crippen molar-refractivity contribution in [2.24, 2.45) is 0 Å². The van der Waals surface area contributed by atoms with Gasteiger partial charge in [0.05, 0.1) is 0 Å². The third-order valence-corrected chi connectivity index (χ3v) is 10.3. The third kappa shape index (κ3) is 3.23. The molecule has 0 nitrogen and oxygen atoms in total. The van der Waals surface area contributed by atoms with Gasteiger partial charge in [-0.1, -0.05) is 120 Å². The summed E-state index contributed by atoms with van der Waals surface area (Å²) >= 11 is 0. The first-order valence-electron chi connectivity index (χ1n) is 9.87. The van der Waals surface area contributed by atoms with E-state index in [1.165, 1.54) is 37.4 Å². The van der Waals surface area contributed by atoms with E-state index >= 15 is 0 Å². The molecule has 28 heavy (non-hydrogen) atoms. The summed E-state index contributed by atoms with van der Waals surface area (Å²) in [5, 5.41) is 5.75. The molecule has 0 saturated carbocycles. The Morgan fingerprint density at radius 2 is 0.750 bits per heavy atom. The molecule has 0 atom stereocenters. The molecule has 0 amide bonds. The molecule has 4 aromatic rings. The Morgan fingerprint density at radius 1 is 0.393 bits per heavy atom. The van der Waals surface area contributed by atoms with Gasteiger partial charge in [0.15, 0.2) is 8.07 Å². The first-order chi connectivity index (χ1) is 13.6. The normalized spacial score (nSPS) is 11.4. The van der Waals surface area contributed by atoms with Crippen molar-refractivity contribution in [2.45, 2.75) is 20.8 Å². The van der Waals surface area contributed by atoms with Gasteiger partial charge in [-0.25, -0.2) is 0 Å². The highest BCUT2D eigenvalue weighted by molar-refractivity contribution is 7.19. The first-order valence-corrected chi connectivity index (χ1v) is 11.9. The summed E-state index contributed by atoms with van der Waals surface area (Å²) in [7, 11) is -2.39. The highest BCUT2D eigenvalue weighted by atomic mass is 28.3. The minimum atomic E-state index is -2.39. The second kappa shape index (κ2) is 7.61. The van der Waals surface area contributed by atoms with Crippen LogP contribution in [0.3, 0.4) is 0 Å². The second-order valence-electron chi connectivity index (χ2n) is 7.72. The van der Waals surface area contributed by atoms with Crippen LogP contribution in [-0.2, 0) is 0 Å². The van der Waals surface area contributed by atoms with Crippen molar-refractivity contribution >= 4 is 28.8 Å². The Labute approximate surface area is 169 Å². The Morgan fingerprint density at radius 3 is 1.11 bits per heavy atom. The zero-order valence-corrected chi connectivity index (χ0v) is 17.8. The molecule has 138 valence electrons. The van der Waals surface area contributed by atoms with Crippen LogP contribution in [0.1, 0.15) is 16.7 Å². The minimum Gasteiger partial charge on any atom is -0.0623 e. The summed E-state index contributed by atoms with van der Waals surface area (Å²) < 4.78 is 0. The molecule has 0 saturated heterocycles. The predicted octanol–water partition coefficient (Wildman–Crippen LogP) is 3.99. The van der Waals surface area contributed by atoms with Crippen molar-refractivity contribution < 1.29 is 0 Å². The van der Waals surface area contributed by atoms with Crippen LogP contribution in [0.25, 0.3) is 0 Å². The maximum absolute atomic E-state index is 2.39. The Hall–Kier alpha value is -2.90. The molecule has 0 heterocycles. The van der Waals surface area contributed by atoms with E-state index in [2.05, 4.69) is 124 Å². The van der Waals surface area contributed by atoms with Crippen molar-refractivity contribution in [3.05, 3.63) is 120 Å². The summed E-state index contributed by atoms with van der Waals surface area (Å²) in [5.41, 5.74) is 3.93. The van der Waals surface area contributed by atoms with E-state index in [0.717, 1.165) is 0 Å². The Balaban J connectivity index is 2.17. The molecule has 0 spiro atoms. The minimum absolute atomic E-state index is 1.31. The molecular weight excluding hydrogens is 352 g/mol. The summed E-state index contributed by atoms with van der Waals surface area (Å²) in [6, 6.07) is 38.5. The monoisotopic (exact) mass is 378 g/mol. The molecule has 0 radical (unpaired) electrons. The van der Waals surface area contributed by atoms with Crippen molar-refractivity contribution in [1.82, 2.24) is 0 Å². The summed E-state index contributed by atoms with van der Waals surface area (Å²) in [6.07, 6.45) is 0. The zero-order chi connectivity index (χ0) is 19.6. The van der Waals surface area contributed by atoms with Crippen LogP contribution in [-0.4, -0.2) is 8.07 Å². The van der Waals surface area contributed by atoms with Crippen LogP contribution in [0.2, 0.25) is 0 Å². The highest BCUT2D eigenvalue weighted by Gasteiger charge is 2.41. The lowest BCUT2D eigenvalue weighted by atomic mass is 10.2. The molecule has 4 aromatic carbocycles. The number of benzene rings is 4. The van der Waals surface area contributed by atoms with Gasteiger partial charge in [0.2, 0.25) is 0 Å². The predicted molar refractivity (Wildman–Crippen MR) is 124 cm³/mol. The van der Waals surface area contributed by atoms with Gasteiger partial charge in [0, 0.05) is 0 Å². The molecule has 0 N–H and O–H groups in total. The van der Waals surface area contributed by atoms with Gasteiger partial charge in [0.25, 0.3) is 0 Å². The molecule has 0 aliphatic rings. The van der Waals surface area contributed by atoms with Gasteiger partial charge in [-0.15, -0.1) is 0 Å². The lowest BCUT2D eigenvalue weighted by molar-refractivity contribution is 1.47. The maximum Gasteiger partial charge on any atom is 0.179 e. The molecule has 0 aromatic heterocycles. The van der Waals surface area contributed by atoms with Gasteiger partial charge in [-0.05, 0) is 41.5 Å². The van der Waals surface area contributed by atoms with Gasteiger partial charge < -0.3 is 0 Å². The topological polar surface area (TPSA) is 0 Å². The Bertz CT molecular complexity index is 985. The summed E-state index contributed by atoms with van der Waals surface area (Å²) in [6.45, 7) is 6.58. The molecule has 0 unspecified atom stereocenters. The van der Waals surface area contributed by atoms with Crippen molar-refractivity contribution in [3.63, 3.8) is 0 Å². The molecule has 1 heteroatoms. The van der Waals surface area contributed by atoms with Crippen molar-refractivity contribution in [2.75, 3.05) is 0 Å². The fraction of sp³-hybridized carbons (Fsp3) is 0.111. The molecule has 0 bridgehead atoms.